The molecule has 1 amide bonds. The van der Waals surface area contributed by atoms with Crippen LogP contribution in [-0.4, -0.2) is 58.1 Å². The average molecular weight is 440 g/mol. The van der Waals surface area contributed by atoms with Gasteiger partial charge in [-0.25, -0.2) is 9.97 Å². The summed E-state index contributed by atoms with van der Waals surface area (Å²) in [7, 11) is 0. The van der Waals surface area contributed by atoms with Crippen LogP contribution in [0, 0.1) is 5.92 Å². The van der Waals surface area contributed by atoms with Gasteiger partial charge in [0.15, 0.2) is 0 Å². The lowest BCUT2D eigenvalue weighted by atomic mass is 9.96. The number of benzene rings is 1. The van der Waals surface area contributed by atoms with Crippen molar-refractivity contribution in [2.45, 2.75) is 31.7 Å². The van der Waals surface area contributed by atoms with Crippen molar-refractivity contribution >= 4 is 34.4 Å². The lowest BCUT2D eigenvalue weighted by Crippen LogP contribution is -2.45. The predicted octanol–water partition coefficient (Wildman–Crippen LogP) is 4.11. The predicted molar refractivity (Wildman–Crippen MR) is 121 cm³/mol. The number of aromatic nitrogens is 3. The van der Waals surface area contributed by atoms with Gasteiger partial charge in [0.1, 0.15) is 0 Å². The van der Waals surface area contributed by atoms with E-state index in [9.17, 15) is 4.79 Å². The van der Waals surface area contributed by atoms with Crippen LogP contribution in [0.4, 0.5) is 5.95 Å². The van der Waals surface area contributed by atoms with E-state index >= 15 is 0 Å². The van der Waals surface area contributed by atoms with E-state index in [1.165, 1.54) is 0 Å². The fraction of sp³-hybridized carbons (Fsp3) is 0.435. The number of para-hydroxylation sites is 1. The monoisotopic (exact) mass is 439 g/mol. The second kappa shape index (κ2) is 8.85. The third-order valence-corrected chi connectivity index (χ3v) is 6.58. The van der Waals surface area contributed by atoms with Crippen LogP contribution in [0.15, 0.2) is 36.7 Å². The van der Waals surface area contributed by atoms with E-state index < -0.39 is 0 Å². The Morgan fingerprint density at radius 1 is 1.16 bits per heavy atom. The van der Waals surface area contributed by atoms with Gasteiger partial charge in [0, 0.05) is 60.9 Å². The van der Waals surface area contributed by atoms with Gasteiger partial charge < -0.3 is 19.9 Å². The summed E-state index contributed by atoms with van der Waals surface area (Å²) in [6.45, 7) is 2.91. The Hall–Kier alpha value is -2.64. The van der Waals surface area contributed by atoms with E-state index in [4.69, 9.17) is 21.3 Å². The standard InChI is InChI=1S/C23H26ClN5O2/c24-19-14-26-23(28-21(19)18-13-25-20-4-2-1-3-17(18)20)27-16-5-9-29(10-6-16)22(30)15-7-11-31-12-8-15/h1-4,13-16,25H,5-12H2,(H,26,27,28). The first-order chi connectivity index (χ1) is 15.2. The molecule has 1 aromatic carbocycles. The molecule has 0 saturated carbocycles. The third-order valence-electron chi connectivity index (χ3n) is 6.30. The van der Waals surface area contributed by atoms with Gasteiger partial charge in [-0.15, -0.1) is 0 Å². The number of carbonyl (C=O) groups is 1. The molecule has 2 aliphatic rings. The van der Waals surface area contributed by atoms with E-state index in [-0.39, 0.29) is 17.9 Å². The molecule has 2 N–H and O–H groups in total. The van der Waals surface area contributed by atoms with Crippen molar-refractivity contribution in [3.8, 4) is 11.3 Å². The Kier molecular flexibility index (Phi) is 5.78. The lowest BCUT2D eigenvalue weighted by molar-refractivity contribution is -0.139. The number of piperidine rings is 1. The van der Waals surface area contributed by atoms with Crippen LogP contribution in [0.1, 0.15) is 25.7 Å². The van der Waals surface area contributed by atoms with E-state index in [0.717, 1.165) is 55.2 Å². The second-order valence-corrected chi connectivity index (χ2v) is 8.68. The Bertz CT molecular complexity index is 1070. The average Bonchev–Trinajstić information content (AvgIpc) is 3.25. The lowest BCUT2D eigenvalue weighted by Gasteiger charge is -2.35. The first-order valence-electron chi connectivity index (χ1n) is 10.9. The number of aromatic amines is 1. The highest BCUT2D eigenvalue weighted by Gasteiger charge is 2.29. The molecule has 8 heteroatoms. The number of hydrogen-bond acceptors (Lipinski definition) is 5. The molecular weight excluding hydrogens is 414 g/mol. The molecule has 2 fully saturated rings. The second-order valence-electron chi connectivity index (χ2n) is 8.27. The summed E-state index contributed by atoms with van der Waals surface area (Å²) in [5.41, 5.74) is 2.72. The topological polar surface area (TPSA) is 83.1 Å². The molecule has 0 radical (unpaired) electrons. The summed E-state index contributed by atoms with van der Waals surface area (Å²) >= 11 is 6.44. The van der Waals surface area contributed by atoms with Crippen LogP contribution in [0.2, 0.25) is 5.02 Å². The van der Waals surface area contributed by atoms with Crippen LogP contribution in [0.5, 0.6) is 0 Å². The Morgan fingerprint density at radius 2 is 1.94 bits per heavy atom. The zero-order valence-corrected chi connectivity index (χ0v) is 18.1. The number of fused-ring (bicyclic) bond motifs is 1. The summed E-state index contributed by atoms with van der Waals surface area (Å²) in [6.07, 6.45) is 7.02. The van der Waals surface area contributed by atoms with Crippen LogP contribution in [0.3, 0.4) is 0 Å². The molecule has 2 aliphatic heterocycles. The Balaban J connectivity index is 1.25. The molecule has 4 heterocycles. The van der Waals surface area contributed by atoms with Gasteiger partial charge in [0.2, 0.25) is 11.9 Å². The molecule has 31 heavy (non-hydrogen) atoms. The summed E-state index contributed by atoms with van der Waals surface area (Å²) in [4.78, 5) is 27.1. The highest BCUT2D eigenvalue weighted by atomic mass is 35.5. The molecule has 0 bridgehead atoms. The number of nitrogens with one attached hydrogen (secondary N) is 2. The first-order valence-corrected chi connectivity index (χ1v) is 11.3. The summed E-state index contributed by atoms with van der Waals surface area (Å²) < 4.78 is 5.38. The van der Waals surface area contributed by atoms with Gasteiger partial charge in [-0.3, -0.25) is 4.79 Å². The smallest absolute Gasteiger partial charge is 0.225 e. The number of halogens is 1. The fourth-order valence-corrected chi connectivity index (χ4v) is 4.72. The van der Waals surface area contributed by atoms with Crippen LogP contribution >= 0.6 is 11.6 Å². The van der Waals surface area contributed by atoms with E-state index in [1.54, 1.807) is 6.20 Å². The fourth-order valence-electron chi connectivity index (χ4n) is 4.52. The van der Waals surface area contributed by atoms with Crippen molar-refractivity contribution in [1.29, 1.82) is 0 Å². The maximum Gasteiger partial charge on any atom is 0.225 e. The molecule has 7 nitrogen and oxygen atoms in total. The summed E-state index contributed by atoms with van der Waals surface area (Å²) in [5, 5.41) is 5.05. The molecule has 0 aliphatic carbocycles. The van der Waals surface area contributed by atoms with Crippen molar-refractivity contribution in [3.05, 3.63) is 41.7 Å². The molecule has 0 unspecified atom stereocenters. The molecule has 5 rings (SSSR count). The zero-order chi connectivity index (χ0) is 21.2. The molecule has 0 atom stereocenters. The van der Waals surface area contributed by atoms with Gasteiger partial charge in [-0.05, 0) is 31.7 Å². The number of likely N-dealkylation sites (tertiary alicyclic amines) is 1. The van der Waals surface area contributed by atoms with E-state index in [2.05, 4.69) is 21.4 Å². The van der Waals surface area contributed by atoms with Gasteiger partial charge >= 0.3 is 0 Å². The first kappa shape index (κ1) is 20.3. The number of hydrogen-bond donors (Lipinski definition) is 2. The largest absolute Gasteiger partial charge is 0.381 e. The van der Waals surface area contributed by atoms with Gasteiger partial charge in [-0.2, -0.15) is 0 Å². The third kappa shape index (κ3) is 4.25. The van der Waals surface area contributed by atoms with E-state index in [1.807, 2.05) is 29.3 Å². The number of ether oxygens (including phenoxy) is 1. The van der Waals surface area contributed by atoms with Crippen molar-refractivity contribution < 1.29 is 9.53 Å². The van der Waals surface area contributed by atoms with Gasteiger partial charge in [-0.1, -0.05) is 29.8 Å². The van der Waals surface area contributed by atoms with Crippen molar-refractivity contribution in [2.24, 2.45) is 5.92 Å². The van der Waals surface area contributed by atoms with Crippen LogP contribution < -0.4 is 5.32 Å². The van der Waals surface area contributed by atoms with E-state index in [0.29, 0.717) is 29.9 Å². The number of carbonyl (C=O) groups excluding carboxylic acids is 1. The minimum Gasteiger partial charge on any atom is -0.381 e. The number of rotatable bonds is 4. The number of nitrogens with zero attached hydrogens (tertiary/aromatic N) is 3. The van der Waals surface area contributed by atoms with Crippen molar-refractivity contribution in [2.75, 3.05) is 31.6 Å². The molecule has 2 saturated heterocycles. The quantitative estimate of drug-likeness (QED) is 0.639. The minimum absolute atomic E-state index is 0.122. The summed E-state index contributed by atoms with van der Waals surface area (Å²) in [5.74, 6) is 0.974. The molecule has 2 aromatic heterocycles. The van der Waals surface area contributed by atoms with Crippen LogP contribution in [-0.2, 0) is 9.53 Å². The number of anilines is 1. The SMILES string of the molecule is O=C(C1CCOCC1)N1CCC(Nc2ncc(Cl)c(-c3c[nH]c4ccccc34)n2)CC1. The number of amides is 1. The molecular formula is C23H26ClN5O2. The molecule has 0 spiro atoms. The van der Waals surface area contributed by atoms with Crippen molar-refractivity contribution in [1.82, 2.24) is 19.9 Å². The van der Waals surface area contributed by atoms with Crippen LogP contribution in [0.25, 0.3) is 22.2 Å². The van der Waals surface area contributed by atoms with Gasteiger partial charge in [0.25, 0.3) is 0 Å². The normalized spacial score (nSPS) is 18.4. The Morgan fingerprint density at radius 3 is 2.74 bits per heavy atom. The van der Waals surface area contributed by atoms with Crippen molar-refractivity contribution in [3.63, 3.8) is 0 Å². The molecule has 3 aromatic rings. The zero-order valence-electron chi connectivity index (χ0n) is 17.3. The van der Waals surface area contributed by atoms with Gasteiger partial charge in [0.05, 0.1) is 16.9 Å². The maximum absolute atomic E-state index is 12.7. The highest BCUT2D eigenvalue weighted by Crippen LogP contribution is 2.32. The molecule has 162 valence electrons. The summed E-state index contributed by atoms with van der Waals surface area (Å²) in [6, 6.07) is 8.32. The number of H-pyrrole nitrogens is 1. The minimum atomic E-state index is 0.122. The maximum atomic E-state index is 12.7. The Labute approximate surface area is 186 Å². The highest BCUT2D eigenvalue weighted by molar-refractivity contribution is 6.33.